The molecular formula is C38H55F. The summed E-state index contributed by atoms with van der Waals surface area (Å²) in [4.78, 5) is 0. The molecule has 2 rings (SSSR count). The minimum atomic E-state index is -0.265. The quantitative estimate of drug-likeness (QED) is 0.298. The number of benzene rings is 2. The van der Waals surface area contributed by atoms with Gasteiger partial charge in [0.05, 0.1) is 0 Å². The van der Waals surface area contributed by atoms with Crippen molar-refractivity contribution in [1.29, 1.82) is 0 Å². The van der Waals surface area contributed by atoms with Crippen molar-refractivity contribution in [1.82, 2.24) is 0 Å². The summed E-state index contributed by atoms with van der Waals surface area (Å²) in [6.45, 7) is 36.2. The highest BCUT2D eigenvalue weighted by atomic mass is 19.1. The summed E-state index contributed by atoms with van der Waals surface area (Å²) in [7, 11) is 0. The Morgan fingerprint density at radius 3 is 1.79 bits per heavy atom. The first-order chi connectivity index (χ1) is 18.8. The fourth-order valence-electron chi connectivity index (χ4n) is 3.35. The minimum Gasteiger partial charge on any atom is -0.206 e. The van der Waals surface area contributed by atoms with Crippen molar-refractivity contribution in [2.75, 3.05) is 0 Å². The highest BCUT2D eigenvalue weighted by Gasteiger charge is 2.17. The molecule has 2 aromatic carbocycles. The molecule has 39 heavy (non-hydrogen) atoms. The van der Waals surface area contributed by atoms with E-state index in [1.54, 1.807) is 6.07 Å². The van der Waals surface area contributed by atoms with Crippen LogP contribution >= 0.6 is 0 Å². The first-order valence-corrected chi connectivity index (χ1v) is 14.3. The molecule has 0 saturated heterocycles. The number of aryl methyl sites for hydroxylation is 1. The number of allylic oxidation sites excluding steroid dienone is 10. The largest absolute Gasteiger partial charge is 0.206 e. The lowest BCUT2D eigenvalue weighted by Gasteiger charge is -2.18. The predicted molar refractivity (Wildman–Crippen MR) is 180 cm³/mol. The van der Waals surface area contributed by atoms with Gasteiger partial charge in [-0.1, -0.05) is 153 Å². The van der Waals surface area contributed by atoms with Crippen molar-refractivity contribution in [3.63, 3.8) is 0 Å². The lowest BCUT2D eigenvalue weighted by atomic mass is 9.86. The van der Waals surface area contributed by atoms with Crippen molar-refractivity contribution in [2.24, 2.45) is 0 Å². The smallest absolute Gasteiger partial charge is 0.131 e. The van der Waals surface area contributed by atoms with Gasteiger partial charge in [-0.15, -0.1) is 0 Å². The van der Waals surface area contributed by atoms with Gasteiger partial charge in [-0.25, -0.2) is 4.39 Å². The Balaban J connectivity index is -0.00000148. The summed E-state index contributed by atoms with van der Waals surface area (Å²) in [5.74, 6) is -0.265. The molecule has 0 aliphatic rings. The Bertz CT molecular complexity index is 1100. The van der Waals surface area contributed by atoms with Crippen LogP contribution in [0.15, 0.2) is 127 Å². The third-order valence-corrected chi connectivity index (χ3v) is 4.98. The third-order valence-electron chi connectivity index (χ3n) is 4.98. The molecule has 0 heterocycles. The van der Waals surface area contributed by atoms with Crippen LogP contribution in [-0.2, 0) is 0 Å². The van der Waals surface area contributed by atoms with Crippen LogP contribution in [-0.4, -0.2) is 0 Å². The van der Waals surface area contributed by atoms with E-state index in [0.29, 0.717) is 5.56 Å². The van der Waals surface area contributed by atoms with E-state index >= 15 is 4.39 Å². The molecule has 0 aliphatic heterocycles. The number of rotatable bonds is 8. The maximum absolute atomic E-state index is 15.0. The van der Waals surface area contributed by atoms with Crippen LogP contribution in [0, 0.1) is 12.7 Å². The van der Waals surface area contributed by atoms with Crippen molar-refractivity contribution in [3.05, 3.63) is 149 Å². The van der Waals surface area contributed by atoms with Crippen LogP contribution in [0.2, 0.25) is 0 Å². The van der Waals surface area contributed by atoms with Gasteiger partial charge in [0.15, 0.2) is 0 Å². The van der Waals surface area contributed by atoms with Crippen molar-refractivity contribution >= 4 is 5.57 Å². The summed E-state index contributed by atoms with van der Waals surface area (Å²) in [5.41, 5.74) is 7.82. The molecule has 0 fully saturated rings. The monoisotopic (exact) mass is 530 g/mol. The van der Waals surface area contributed by atoms with E-state index in [1.165, 1.54) is 6.07 Å². The van der Waals surface area contributed by atoms with E-state index < -0.39 is 0 Å². The van der Waals surface area contributed by atoms with E-state index in [9.17, 15) is 0 Å². The molecule has 0 spiro atoms. The average Bonchev–Trinajstić information content (AvgIpc) is 2.99. The van der Waals surface area contributed by atoms with Crippen LogP contribution in [0.4, 0.5) is 4.39 Å². The highest BCUT2D eigenvalue weighted by molar-refractivity contribution is 5.88. The van der Waals surface area contributed by atoms with Crippen LogP contribution in [0.25, 0.3) is 5.57 Å². The summed E-state index contributed by atoms with van der Waals surface area (Å²) in [5, 5.41) is 0. The van der Waals surface area contributed by atoms with E-state index in [2.05, 4.69) is 25.8 Å². The summed E-state index contributed by atoms with van der Waals surface area (Å²) < 4.78 is 15.0. The number of halogens is 1. The normalized spacial score (nSPS) is 11.1. The molecule has 0 aliphatic carbocycles. The maximum atomic E-state index is 15.0. The molecule has 0 N–H and O–H groups in total. The zero-order valence-electron chi connectivity index (χ0n) is 27.0. The van der Waals surface area contributed by atoms with Gasteiger partial charge in [0, 0.05) is 5.56 Å². The molecular weight excluding hydrogens is 475 g/mol. The van der Waals surface area contributed by atoms with Gasteiger partial charge in [-0.05, 0) is 73.3 Å². The van der Waals surface area contributed by atoms with E-state index in [1.807, 2.05) is 144 Å². The van der Waals surface area contributed by atoms with Gasteiger partial charge in [0.2, 0.25) is 0 Å². The highest BCUT2D eigenvalue weighted by Crippen LogP contribution is 2.35. The topological polar surface area (TPSA) is 0 Å². The maximum Gasteiger partial charge on any atom is 0.131 e. The van der Waals surface area contributed by atoms with Crippen molar-refractivity contribution in [3.8, 4) is 0 Å². The predicted octanol–water partition coefficient (Wildman–Crippen LogP) is 12.8. The van der Waals surface area contributed by atoms with Crippen LogP contribution in [0.3, 0.4) is 0 Å². The zero-order valence-corrected chi connectivity index (χ0v) is 27.0. The van der Waals surface area contributed by atoms with E-state index in [-0.39, 0.29) is 5.82 Å². The third kappa shape index (κ3) is 14.3. The zero-order chi connectivity index (χ0) is 31.0. The van der Waals surface area contributed by atoms with Gasteiger partial charge < -0.3 is 0 Å². The lowest BCUT2D eigenvalue weighted by Crippen LogP contribution is -2.01. The Hall–Kier alpha value is -3.45. The second-order valence-corrected chi connectivity index (χ2v) is 7.62. The van der Waals surface area contributed by atoms with Crippen molar-refractivity contribution in [2.45, 2.75) is 83.1 Å². The summed E-state index contributed by atoms with van der Waals surface area (Å²) >= 11 is 0. The fourth-order valence-corrected chi connectivity index (χ4v) is 3.35. The Kier molecular flexibility index (Phi) is 25.5. The second-order valence-electron chi connectivity index (χ2n) is 7.62. The fraction of sp³-hybridized carbons (Fsp3) is 0.316. The Morgan fingerprint density at radius 1 is 0.795 bits per heavy atom. The Morgan fingerprint density at radius 2 is 1.33 bits per heavy atom. The molecule has 0 aromatic heterocycles. The molecule has 0 atom stereocenters. The minimum absolute atomic E-state index is 0.265. The van der Waals surface area contributed by atoms with Gasteiger partial charge in [0.25, 0.3) is 0 Å². The standard InChI is InChI=1S/C30H31F.4C2H6/c1-8-22(5)19-25(9-2)17-16-24(7)29(21(3)4)30(26-13-11-10-12-14-26)27-20-23(6)15-18-28(27)31;4*1-2/h8-20H,1,3,7H2,2,4-6H3;4*1-2H3/b17-16+,22-19-,25-9-,30-29+;;;;. The van der Waals surface area contributed by atoms with Gasteiger partial charge in [0.1, 0.15) is 5.82 Å². The van der Waals surface area contributed by atoms with Crippen molar-refractivity contribution < 1.29 is 4.39 Å². The van der Waals surface area contributed by atoms with Gasteiger partial charge >= 0.3 is 0 Å². The Labute approximate surface area is 241 Å². The molecule has 2 aromatic rings. The van der Waals surface area contributed by atoms with Crippen LogP contribution < -0.4 is 0 Å². The average molecular weight is 531 g/mol. The second kappa shape index (κ2) is 24.9. The molecule has 0 radical (unpaired) electrons. The van der Waals surface area contributed by atoms with E-state index in [4.69, 9.17) is 0 Å². The van der Waals surface area contributed by atoms with Crippen LogP contribution in [0.5, 0.6) is 0 Å². The SMILES string of the molecule is C=C\C(C)=C/C(=C\C)/C=C/C(=C)/C(C(=C)C)=C(\c1ccccc1)c1cc(C)ccc1F.CC.CC.CC.CC. The summed E-state index contributed by atoms with van der Waals surface area (Å²) in [6.07, 6.45) is 9.87. The first-order valence-electron chi connectivity index (χ1n) is 14.3. The number of hydrogen-bond acceptors (Lipinski definition) is 0. The molecule has 214 valence electrons. The molecule has 0 amide bonds. The van der Waals surface area contributed by atoms with E-state index in [0.717, 1.165) is 44.6 Å². The lowest BCUT2D eigenvalue weighted by molar-refractivity contribution is 0.623. The molecule has 1 heteroatoms. The first kappa shape index (κ1) is 40.1. The number of hydrogen-bond donors (Lipinski definition) is 0. The molecule has 0 nitrogen and oxygen atoms in total. The van der Waals surface area contributed by atoms with Gasteiger partial charge in [-0.3, -0.25) is 0 Å². The molecule has 0 saturated carbocycles. The molecule has 0 bridgehead atoms. The van der Waals surface area contributed by atoms with Gasteiger partial charge in [-0.2, -0.15) is 0 Å². The molecule has 0 unspecified atom stereocenters. The summed E-state index contributed by atoms with van der Waals surface area (Å²) in [6, 6.07) is 15.0. The van der Waals surface area contributed by atoms with Crippen LogP contribution in [0.1, 0.15) is 92.9 Å².